The number of nitrogens with two attached hydrogens (primary N) is 1. The number of likely N-dealkylation sites (tertiary alicyclic amines) is 1. The van der Waals surface area contributed by atoms with E-state index in [0.29, 0.717) is 41.3 Å². The van der Waals surface area contributed by atoms with Crippen molar-refractivity contribution in [2.45, 2.75) is 64.6 Å². The first kappa shape index (κ1) is 21.6. The Morgan fingerprint density at radius 1 is 1.31 bits per heavy atom. The predicted octanol–water partition coefficient (Wildman–Crippen LogP) is 4.03. The Kier molecular flexibility index (Phi) is 6.19. The average Bonchev–Trinajstić information content (AvgIpc) is 2.86. The molecule has 0 bridgehead atoms. The number of halogens is 1. The summed E-state index contributed by atoms with van der Waals surface area (Å²) in [6.07, 6.45) is 1.81. The molecule has 3 rings (SSSR count). The van der Waals surface area contributed by atoms with Crippen molar-refractivity contribution < 1.29 is 9.53 Å². The maximum Gasteiger partial charge on any atom is 0.410 e. The molecule has 0 radical (unpaired) electrons. The summed E-state index contributed by atoms with van der Waals surface area (Å²) >= 11 is 6.31. The molecule has 1 aromatic carbocycles. The summed E-state index contributed by atoms with van der Waals surface area (Å²) in [7, 11) is 0. The zero-order valence-corrected chi connectivity index (χ0v) is 18.2. The van der Waals surface area contributed by atoms with E-state index in [1.165, 1.54) is 0 Å². The molecule has 0 saturated carbocycles. The van der Waals surface area contributed by atoms with Crippen LogP contribution in [0.1, 0.15) is 64.9 Å². The number of carbonyl (C=O) groups excluding carboxylic acids is 1. The highest BCUT2D eigenvalue weighted by molar-refractivity contribution is 6.35. The van der Waals surface area contributed by atoms with Crippen LogP contribution in [0.4, 0.5) is 4.79 Å². The normalized spacial score (nSPS) is 19.1. The molecule has 1 aromatic heterocycles. The summed E-state index contributed by atoms with van der Waals surface area (Å²) in [6.45, 7) is 8.47. The van der Waals surface area contributed by atoms with Gasteiger partial charge in [-0.05, 0) is 59.1 Å². The highest BCUT2D eigenvalue weighted by Gasteiger charge is 2.28. The number of amides is 1. The first-order valence-corrected chi connectivity index (χ1v) is 10.4. The number of ether oxygens (including phenoxy) is 1. The zero-order valence-electron chi connectivity index (χ0n) is 17.4. The standard InChI is InChI=1S/C21H29ClN4O3/c1-13(23)18-24-16-9-5-8-15(22)17(16)19(27)26(18)14-7-6-11-25(12-10-14)20(28)29-21(2,3)4/h5,8-9,13-14H,6-7,10-12,23H2,1-4H3/t13-,14?/m0/s1. The minimum Gasteiger partial charge on any atom is -0.444 e. The summed E-state index contributed by atoms with van der Waals surface area (Å²) in [6, 6.07) is 4.73. The van der Waals surface area contributed by atoms with E-state index >= 15 is 0 Å². The SMILES string of the molecule is C[C@H](N)c1nc2cccc(Cl)c2c(=O)n1C1CCCN(C(=O)OC(C)(C)C)CC1. The van der Waals surface area contributed by atoms with Gasteiger partial charge in [-0.2, -0.15) is 0 Å². The third-order valence-corrected chi connectivity index (χ3v) is 5.34. The lowest BCUT2D eigenvalue weighted by molar-refractivity contribution is 0.0255. The molecule has 2 atom stereocenters. The molecule has 1 amide bonds. The van der Waals surface area contributed by atoms with Crippen LogP contribution in [0.5, 0.6) is 0 Å². The molecule has 1 unspecified atom stereocenters. The molecule has 29 heavy (non-hydrogen) atoms. The van der Waals surface area contributed by atoms with E-state index in [9.17, 15) is 9.59 Å². The number of carbonyl (C=O) groups is 1. The van der Waals surface area contributed by atoms with Gasteiger partial charge >= 0.3 is 6.09 Å². The lowest BCUT2D eigenvalue weighted by atomic mass is 10.1. The smallest absolute Gasteiger partial charge is 0.410 e. The third kappa shape index (κ3) is 4.73. The summed E-state index contributed by atoms with van der Waals surface area (Å²) < 4.78 is 7.19. The number of hydrogen-bond acceptors (Lipinski definition) is 5. The van der Waals surface area contributed by atoms with Crippen molar-refractivity contribution in [2.24, 2.45) is 5.73 Å². The van der Waals surface area contributed by atoms with Crippen LogP contribution in [-0.2, 0) is 4.74 Å². The van der Waals surface area contributed by atoms with Gasteiger partial charge in [-0.3, -0.25) is 9.36 Å². The van der Waals surface area contributed by atoms with Crippen LogP contribution >= 0.6 is 11.6 Å². The van der Waals surface area contributed by atoms with E-state index in [0.717, 1.165) is 12.8 Å². The largest absolute Gasteiger partial charge is 0.444 e. The summed E-state index contributed by atoms with van der Waals surface area (Å²) in [5.74, 6) is 0.542. The lowest BCUT2D eigenvalue weighted by Crippen LogP contribution is -2.37. The van der Waals surface area contributed by atoms with Gasteiger partial charge in [0.25, 0.3) is 5.56 Å². The Morgan fingerprint density at radius 2 is 2.03 bits per heavy atom. The number of benzene rings is 1. The van der Waals surface area contributed by atoms with Crippen molar-refractivity contribution in [1.29, 1.82) is 0 Å². The molecule has 7 nitrogen and oxygen atoms in total. The highest BCUT2D eigenvalue weighted by Crippen LogP contribution is 2.27. The van der Waals surface area contributed by atoms with Gasteiger partial charge in [0, 0.05) is 19.1 Å². The van der Waals surface area contributed by atoms with Crippen LogP contribution in [0.15, 0.2) is 23.0 Å². The molecular formula is C21H29ClN4O3. The lowest BCUT2D eigenvalue weighted by Gasteiger charge is -2.27. The van der Waals surface area contributed by atoms with E-state index in [1.54, 1.807) is 27.7 Å². The Labute approximate surface area is 175 Å². The number of hydrogen-bond donors (Lipinski definition) is 1. The monoisotopic (exact) mass is 420 g/mol. The van der Waals surface area contributed by atoms with E-state index in [-0.39, 0.29) is 17.7 Å². The Hall–Kier alpha value is -2.12. The van der Waals surface area contributed by atoms with Gasteiger partial charge in [-0.15, -0.1) is 0 Å². The van der Waals surface area contributed by atoms with Gasteiger partial charge in [0.2, 0.25) is 0 Å². The Morgan fingerprint density at radius 3 is 2.69 bits per heavy atom. The molecule has 2 heterocycles. The molecule has 2 N–H and O–H groups in total. The van der Waals surface area contributed by atoms with Crippen LogP contribution < -0.4 is 11.3 Å². The fourth-order valence-electron chi connectivity index (χ4n) is 3.74. The maximum atomic E-state index is 13.4. The van der Waals surface area contributed by atoms with Crippen LogP contribution in [0.25, 0.3) is 10.9 Å². The van der Waals surface area contributed by atoms with Crippen LogP contribution in [-0.4, -0.2) is 39.2 Å². The second-order valence-electron chi connectivity index (χ2n) is 8.62. The molecule has 158 valence electrons. The molecule has 1 fully saturated rings. The number of aromatic nitrogens is 2. The van der Waals surface area contributed by atoms with Gasteiger partial charge in [-0.1, -0.05) is 17.7 Å². The highest BCUT2D eigenvalue weighted by atomic mass is 35.5. The quantitative estimate of drug-likeness (QED) is 0.791. The first-order valence-electron chi connectivity index (χ1n) is 10.0. The number of fused-ring (bicyclic) bond motifs is 1. The van der Waals surface area contributed by atoms with Crippen molar-refractivity contribution in [3.63, 3.8) is 0 Å². The van der Waals surface area contributed by atoms with Gasteiger partial charge < -0.3 is 15.4 Å². The van der Waals surface area contributed by atoms with Gasteiger partial charge in [0.05, 0.1) is 22.0 Å². The van der Waals surface area contributed by atoms with Crippen LogP contribution in [0.2, 0.25) is 5.02 Å². The molecule has 0 spiro atoms. The molecule has 0 aliphatic carbocycles. The van der Waals surface area contributed by atoms with Crippen molar-refractivity contribution in [3.8, 4) is 0 Å². The minimum atomic E-state index is -0.541. The van der Waals surface area contributed by atoms with E-state index in [1.807, 2.05) is 27.7 Å². The summed E-state index contributed by atoms with van der Waals surface area (Å²) in [5.41, 5.74) is 6.00. The minimum absolute atomic E-state index is 0.107. The Bertz CT molecular complexity index is 965. The van der Waals surface area contributed by atoms with Gasteiger partial charge in [-0.25, -0.2) is 9.78 Å². The molecule has 1 aliphatic heterocycles. The number of rotatable bonds is 2. The molecular weight excluding hydrogens is 392 g/mol. The fourth-order valence-corrected chi connectivity index (χ4v) is 3.99. The third-order valence-electron chi connectivity index (χ3n) is 5.03. The number of nitrogens with zero attached hydrogens (tertiary/aromatic N) is 3. The predicted molar refractivity (Wildman–Crippen MR) is 114 cm³/mol. The van der Waals surface area contributed by atoms with Gasteiger partial charge in [0.1, 0.15) is 11.4 Å². The van der Waals surface area contributed by atoms with E-state index < -0.39 is 11.6 Å². The molecule has 1 saturated heterocycles. The Balaban J connectivity index is 1.95. The van der Waals surface area contributed by atoms with E-state index in [2.05, 4.69) is 4.98 Å². The van der Waals surface area contributed by atoms with E-state index in [4.69, 9.17) is 22.1 Å². The van der Waals surface area contributed by atoms with Crippen LogP contribution in [0.3, 0.4) is 0 Å². The molecule has 2 aromatic rings. The fraction of sp³-hybridized carbons (Fsp3) is 0.571. The zero-order chi connectivity index (χ0) is 21.3. The van der Waals surface area contributed by atoms with Gasteiger partial charge in [0.15, 0.2) is 0 Å². The molecule has 8 heteroatoms. The topological polar surface area (TPSA) is 90.5 Å². The van der Waals surface area contributed by atoms with Crippen LogP contribution in [0, 0.1) is 0 Å². The average molecular weight is 421 g/mol. The second-order valence-corrected chi connectivity index (χ2v) is 9.03. The van der Waals surface area contributed by atoms with Crippen molar-refractivity contribution in [3.05, 3.63) is 39.4 Å². The van der Waals surface area contributed by atoms with Crippen molar-refractivity contribution in [1.82, 2.24) is 14.5 Å². The maximum absolute atomic E-state index is 13.4. The van der Waals surface area contributed by atoms with Crippen molar-refractivity contribution in [2.75, 3.05) is 13.1 Å². The summed E-state index contributed by atoms with van der Waals surface area (Å²) in [5, 5.41) is 0.792. The van der Waals surface area contributed by atoms with Crippen molar-refractivity contribution >= 4 is 28.6 Å². The summed E-state index contributed by atoms with van der Waals surface area (Å²) in [4.78, 5) is 32.2. The first-order chi connectivity index (χ1) is 13.6. The second kappa shape index (κ2) is 8.32. The molecule has 1 aliphatic rings.